The zero-order chi connectivity index (χ0) is 13.1. The van der Waals surface area contributed by atoms with Crippen LogP contribution in [0.2, 0.25) is 0 Å². The molecule has 96 valence electrons. The highest BCUT2D eigenvalue weighted by molar-refractivity contribution is 7.91. The number of hydrogen-bond acceptors (Lipinski definition) is 4. The maximum Gasteiger partial charge on any atom is 0.151 e. The van der Waals surface area contributed by atoms with Gasteiger partial charge in [0.25, 0.3) is 0 Å². The summed E-state index contributed by atoms with van der Waals surface area (Å²) in [6.07, 6.45) is 2.14. The van der Waals surface area contributed by atoms with Crippen LogP contribution in [0.1, 0.15) is 31.0 Å². The van der Waals surface area contributed by atoms with Gasteiger partial charge in [-0.25, -0.2) is 8.42 Å². The Kier molecular flexibility index (Phi) is 4.68. The molecule has 0 saturated carbocycles. The molecule has 2 unspecified atom stereocenters. The van der Waals surface area contributed by atoms with Crippen LogP contribution in [0.15, 0.2) is 24.3 Å². The van der Waals surface area contributed by atoms with Gasteiger partial charge in [-0.3, -0.25) is 11.3 Å². The molecular formula is C12H20N2O2S. The van der Waals surface area contributed by atoms with Crippen LogP contribution in [0, 0.1) is 0 Å². The zero-order valence-corrected chi connectivity index (χ0v) is 11.3. The number of benzene rings is 1. The van der Waals surface area contributed by atoms with Crippen LogP contribution in [0.3, 0.4) is 0 Å². The lowest BCUT2D eigenvalue weighted by molar-refractivity contribution is 0.513. The molecule has 4 nitrogen and oxygen atoms in total. The van der Waals surface area contributed by atoms with Crippen molar-refractivity contribution >= 4 is 9.84 Å². The smallest absolute Gasteiger partial charge is 0.151 e. The number of nitrogens with one attached hydrogen (secondary N) is 1. The fraction of sp³-hybridized carbons (Fsp3) is 0.500. The van der Waals surface area contributed by atoms with Gasteiger partial charge in [-0.05, 0) is 24.5 Å². The van der Waals surface area contributed by atoms with Crippen molar-refractivity contribution in [1.29, 1.82) is 0 Å². The van der Waals surface area contributed by atoms with E-state index in [-0.39, 0.29) is 6.04 Å². The third kappa shape index (κ3) is 3.52. The van der Waals surface area contributed by atoms with Gasteiger partial charge in [0.2, 0.25) is 0 Å². The molecule has 0 radical (unpaired) electrons. The van der Waals surface area contributed by atoms with Gasteiger partial charge in [0, 0.05) is 6.26 Å². The van der Waals surface area contributed by atoms with Crippen LogP contribution in [-0.4, -0.2) is 19.9 Å². The van der Waals surface area contributed by atoms with Gasteiger partial charge in [0.15, 0.2) is 9.84 Å². The molecule has 0 saturated heterocycles. The van der Waals surface area contributed by atoms with E-state index in [1.165, 1.54) is 11.8 Å². The van der Waals surface area contributed by atoms with E-state index in [0.717, 1.165) is 12.0 Å². The van der Waals surface area contributed by atoms with E-state index >= 15 is 0 Å². The maximum atomic E-state index is 11.6. The molecule has 0 amide bonds. The largest absolute Gasteiger partial charge is 0.271 e. The fourth-order valence-corrected chi connectivity index (χ4v) is 2.49. The average molecular weight is 256 g/mol. The predicted octanol–water partition coefficient (Wildman–Crippen LogP) is 1.19. The molecular weight excluding hydrogens is 236 g/mol. The summed E-state index contributed by atoms with van der Waals surface area (Å²) in [5.74, 6) is 5.48. The second-order valence-corrected chi connectivity index (χ2v) is 6.68. The molecule has 2 atom stereocenters. The first kappa shape index (κ1) is 14.2. The highest BCUT2D eigenvalue weighted by Crippen LogP contribution is 2.22. The van der Waals surface area contributed by atoms with E-state index in [9.17, 15) is 8.42 Å². The van der Waals surface area contributed by atoms with E-state index < -0.39 is 15.1 Å². The van der Waals surface area contributed by atoms with Gasteiger partial charge in [-0.2, -0.15) is 0 Å². The fourth-order valence-electron chi connectivity index (χ4n) is 1.76. The van der Waals surface area contributed by atoms with E-state index in [2.05, 4.69) is 12.3 Å². The van der Waals surface area contributed by atoms with E-state index in [1.807, 2.05) is 24.3 Å². The molecule has 0 aliphatic carbocycles. The topological polar surface area (TPSA) is 72.2 Å². The first-order valence-electron chi connectivity index (χ1n) is 5.64. The Balaban J connectivity index is 3.09. The van der Waals surface area contributed by atoms with E-state index in [4.69, 9.17) is 5.84 Å². The van der Waals surface area contributed by atoms with Crippen molar-refractivity contribution in [2.24, 2.45) is 5.84 Å². The number of rotatable bonds is 5. The van der Waals surface area contributed by atoms with Crippen molar-refractivity contribution in [2.75, 3.05) is 6.26 Å². The van der Waals surface area contributed by atoms with Crippen molar-refractivity contribution in [2.45, 2.75) is 31.6 Å². The predicted molar refractivity (Wildman–Crippen MR) is 70.2 cm³/mol. The van der Waals surface area contributed by atoms with Crippen molar-refractivity contribution in [3.63, 3.8) is 0 Å². The molecule has 1 aromatic carbocycles. The van der Waals surface area contributed by atoms with Crippen molar-refractivity contribution < 1.29 is 8.42 Å². The summed E-state index contributed by atoms with van der Waals surface area (Å²) in [5.41, 5.74) is 4.67. The summed E-state index contributed by atoms with van der Waals surface area (Å²) in [7, 11) is -3.12. The van der Waals surface area contributed by atoms with Gasteiger partial charge < -0.3 is 0 Å². The summed E-state index contributed by atoms with van der Waals surface area (Å²) in [4.78, 5) is 0. The Morgan fingerprint density at radius 1 is 1.41 bits per heavy atom. The molecule has 0 aliphatic heterocycles. The molecule has 5 heteroatoms. The Labute approximate surface area is 103 Å². The van der Waals surface area contributed by atoms with E-state index in [0.29, 0.717) is 0 Å². The highest BCUT2D eigenvalue weighted by Gasteiger charge is 2.26. The van der Waals surface area contributed by atoms with Crippen LogP contribution >= 0.6 is 0 Å². The molecule has 0 fully saturated rings. The number of aryl methyl sites for hydroxylation is 1. The summed E-state index contributed by atoms with van der Waals surface area (Å²) in [6, 6.07) is 7.45. The summed E-state index contributed by atoms with van der Waals surface area (Å²) >= 11 is 0. The Morgan fingerprint density at radius 3 is 2.53 bits per heavy atom. The second-order valence-electron chi connectivity index (χ2n) is 4.28. The lowest BCUT2D eigenvalue weighted by Crippen LogP contribution is -2.38. The average Bonchev–Trinajstić information content (AvgIpc) is 2.29. The van der Waals surface area contributed by atoms with Crippen LogP contribution < -0.4 is 11.3 Å². The van der Waals surface area contributed by atoms with Gasteiger partial charge in [0.05, 0.1) is 11.3 Å². The van der Waals surface area contributed by atoms with Crippen molar-refractivity contribution in [3.05, 3.63) is 35.4 Å². The molecule has 0 bridgehead atoms. The Hall–Kier alpha value is -0.910. The molecule has 0 heterocycles. The number of sulfone groups is 1. The zero-order valence-electron chi connectivity index (χ0n) is 10.5. The number of hydrazine groups is 1. The molecule has 1 aromatic rings. The lowest BCUT2D eigenvalue weighted by Gasteiger charge is -2.22. The van der Waals surface area contributed by atoms with Gasteiger partial charge in [0.1, 0.15) is 0 Å². The number of nitrogens with two attached hydrogens (primary N) is 1. The minimum atomic E-state index is -3.12. The first-order valence-corrected chi connectivity index (χ1v) is 7.59. The van der Waals surface area contributed by atoms with Gasteiger partial charge in [-0.1, -0.05) is 31.2 Å². The van der Waals surface area contributed by atoms with Crippen LogP contribution in [-0.2, 0) is 16.3 Å². The summed E-state index contributed by atoms with van der Waals surface area (Å²) < 4.78 is 23.1. The first-order chi connectivity index (χ1) is 7.90. The van der Waals surface area contributed by atoms with Gasteiger partial charge >= 0.3 is 0 Å². The quantitative estimate of drug-likeness (QED) is 0.613. The summed E-state index contributed by atoms with van der Waals surface area (Å²) in [6.45, 7) is 3.72. The molecule has 0 spiro atoms. The highest BCUT2D eigenvalue weighted by atomic mass is 32.2. The van der Waals surface area contributed by atoms with Gasteiger partial charge in [-0.15, -0.1) is 0 Å². The molecule has 0 aromatic heterocycles. The molecule has 0 aliphatic rings. The Morgan fingerprint density at radius 2 is 2.06 bits per heavy atom. The molecule has 1 rings (SSSR count). The third-order valence-corrected chi connectivity index (χ3v) is 4.67. The standard InChI is InChI=1S/C12H20N2O2S/c1-4-10-6-5-7-11(8-10)12(14-13)9(2)17(3,15)16/h5-9,12,14H,4,13H2,1-3H3. The van der Waals surface area contributed by atoms with Crippen molar-refractivity contribution in [1.82, 2.24) is 5.43 Å². The van der Waals surface area contributed by atoms with Crippen LogP contribution in [0.5, 0.6) is 0 Å². The minimum Gasteiger partial charge on any atom is -0.271 e. The third-order valence-electron chi connectivity index (χ3n) is 3.04. The Bertz CT molecular complexity index is 471. The molecule has 17 heavy (non-hydrogen) atoms. The van der Waals surface area contributed by atoms with E-state index in [1.54, 1.807) is 6.92 Å². The summed E-state index contributed by atoms with van der Waals surface area (Å²) in [5, 5.41) is -0.556. The number of hydrogen-bond donors (Lipinski definition) is 2. The van der Waals surface area contributed by atoms with Crippen LogP contribution in [0.25, 0.3) is 0 Å². The maximum absolute atomic E-state index is 11.6. The normalized spacial score (nSPS) is 15.5. The van der Waals surface area contributed by atoms with Crippen molar-refractivity contribution in [3.8, 4) is 0 Å². The lowest BCUT2D eigenvalue weighted by atomic mass is 10.0. The SMILES string of the molecule is CCc1cccc(C(NN)C(C)S(C)(=O)=O)c1. The minimum absolute atomic E-state index is 0.378. The molecule has 3 N–H and O–H groups in total. The second kappa shape index (κ2) is 5.62. The van der Waals surface area contributed by atoms with Crippen LogP contribution in [0.4, 0.5) is 0 Å². The monoisotopic (exact) mass is 256 g/mol.